The smallest absolute Gasteiger partial charge is 0.303 e. The van der Waals surface area contributed by atoms with Gasteiger partial charge in [0.15, 0.2) is 22.5 Å². The zero-order chi connectivity index (χ0) is 27.4. The lowest BCUT2D eigenvalue weighted by Gasteiger charge is -2.44. The molecule has 3 nitrogen and oxygen atoms in total. The molecule has 5 heteroatoms. The average Bonchev–Trinajstić information content (AvgIpc) is 2.76. The zero-order valence-electron chi connectivity index (χ0n) is 24.3. The van der Waals surface area contributed by atoms with E-state index in [-0.39, 0.29) is 16.0 Å². The van der Waals surface area contributed by atoms with Crippen LogP contribution in [0.2, 0.25) is 23.2 Å². The van der Waals surface area contributed by atoms with Gasteiger partial charge in [0, 0.05) is 12.5 Å². The summed E-state index contributed by atoms with van der Waals surface area (Å²) in [7, 11) is -4.49. The number of benzene rings is 2. The summed E-state index contributed by atoms with van der Waals surface area (Å²) in [6, 6.07) is 21.7. The summed E-state index contributed by atoms with van der Waals surface area (Å²) in [6.07, 6.45) is -0.468. The number of carbonyl (C=O) groups is 1. The highest BCUT2D eigenvalue weighted by atomic mass is 28.4. The molecular weight excluding hydrogens is 477 g/mol. The third-order valence-electron chi connectivity index (χ3n) is 7.68. The Bertz CT molecular complexity index is 1040. The molecule has 0 unspecified atom stereocenters. The molecule has 0 bridgehead atoms. The summed E-state index contributed by atoms with van der Waals surface area (Å²) in [5, 5.41) is 3.97. The highest BCUT2D eigenvalue weighted by Crippen LogP contribution is 2.40. The Balaban J connectivity index is 2.75. The van der Waals surface area contributed by atoms with E-state index in [1.807, 2.05) is 6.92 Å². The van der Waals surface area contributed by atoms with Crippen molar-refractivity contribution in [3.8, 4) is 0 Å². The molecule has 0 fully saturated rings. The second-order valence-corrected chi connectivity index (χ2v) is 22.0. The van der Waals surface area contributed by atoms with Gasteiger partial charge >= 0.3 is 5.97 Å². The van der Waals surface area contributed by atoms with Crippen molar-refractivity contribution in [2.24, 2.45) is 0 Å². The van der Waals surface area contributed by atoms with Crippen LogP contribution >= 0.6 is 0 Å². The van der Waals surface area contributed by atoms with Crippen LogP contribution in [0.4, 0.5) is 0 Å². The van der Waals surface area contributed by atoms with E-state index in [2.05, 4.69) is 128 Å². The van der Waals surface area contributed by atoms with E-state index in [1.54, 1.807) is 0 Å². The lowest BCUT2D eigenvalue weighted by molar-refractivity contribution is -0.146. The minimum atomic E-state index is -2.48. The maximum absolute atomic E-state index is 12.1. The maximum Gasteiger partial charge on any atom is 0.303 e. The number of hydrogen-bond donors (Lipinski definition) is 0. The highest BCUT2D eigenvalue weighted by Gasteiger charge is 2.49. The first-order valence-corrected chi connectivity index (χ1v) is 17.8. The van der Waals surface area contributed by atoms with Crippen LogP contribution < -0.4 is 10.4 Å². The van der Waals surface area contributed by atoms with Gasteiger partial charge in [0.1, 0.15) is 0 Å². The molecular formula is C31H46O3Si2. The molecule has 2 aromatic carbocycles. The van der Waals surface area contributed by atoms with Gasteiger partial charge in [0.25, 0.3) is 0 Å². The standard InChI is InChI=1S/C31H46O3Si2/c1-24(29(34-26(3)32)23-33-35(10,11)30(4,5)6)22-25(2)36(31(7,8)9,27-18-14-12-15-19-27)28-20-16-13-17-21-28/h12-21,29H,23H2,1-11H3/t22?,29-/m1/s1. The molecule has 2 rings (SSSR count). The predicted molar refractivity (Wildman–Crippen MR) is 158 cm³/mol. The fourth-order valence-corrected chi connectivity index (χ4v) is 11.6. The molecule has 1 atom stereocenters. The number of hydrogen-bond acceptors (Lipinski definition) is 3. The quantitative estimate of drug-likeness (QED) is 0.212. The Hall–Kier alpha value is -2.18. The van der Waals surface area contributed by atoms with Crippen LogP contribution in [0.15, 0.2) is 77.2 Å². The first-order valence-electron chi connectivity index (χ1n) is 12.9. The lowest BCUT2D eigenvalue weighted by atomic mass is 10.2. The van der Waals surface area contributed by atoms with E-state index in [4.69, 9.17) is 9.16 Å². The monoisotopic (exact) mass is 522 g/mol. The Morgan fingerprint density at radius 3 is 1.61 bits per heavy atom. The van der Waals surface area contributed by atoms with Crippen LogP contribution in [0.5, 0.6) is 0 Å². The summed E-state index contributed by atoms with van der Waals surface area (Å²) >= 11 is 0. The van der Waals surface area contributed by atoms with E-state index in [1.165, 1.54) is 22.5 Å². The van der Waals surface area contributed by atoms with Crippen molar-refractivity contribution >= 4 is 32.7 Å². The van der Waals surface area contributed by atoms with Gasteiger partial charge in [0.05, 0.1) is 6.61 Å². The van der Waals surface area contributed by atoms with Crippen LogP contribution in [-0.2, 0) is 14.0 Å². The fraction of sp³-hybridized carbons (Fsp3) is 0.484. The van der Waals surface area contributed by atoms with Crippen molar-refractivity contribution in [2.75, 3.05) is 6.61 Å². The molecule has 0 aliphatic heterocycles. The van der Waals surface area contributed by atoms with Crippen molar-refractivity contribution in [1.29, 1.82) is 0 Å². The summed E-state index contributed by atoms with van der Waals surface area (Å²) in [6.45, 7) is 24.2. The Kier molecular flexibility index (Phi) is 9.58. The van der Waals surface area contributed by atoms with Crippen LogP contribution in [0, 0.1) is 0 Å². The third-order valence-corrected chi connectivity index (χ3v) is 18.1. The summed E-state index contributed by atoms with van der Waals surface area (Å²) in [4.78, 5) is 12.1. The Morgan fingerprint density at radius 1 is 0.806 bits per heavy atom. The summed E-state index contributed by atoms with van der Waals surface area (Å²) in [5.41, 5.74) is 4.66. The highest BCUT2D eigenvalue weighted by molar-refractivity contribution is 7.09. The Morgan fingerprint density at radius 2 is 1.25 bits per heavy atom. The summed E-state index contributed by atoms with van der Waals surface area (Å²) in [5.74, 6) is -0.303. The van der Waals surface area contributed by atoms with Gasteiger partial charge in [0.2, 0.25) is 0 Å². The number of esters is 1. The molecule has 0 saturated heterocycles. The average molecular weight is 523 g/mol. The molecule has 0 spiro atoms. The topological polar surface area (TPSA) is 35.5 Å². The van der Waals surface area contributed by atoms with Crippen molar-refractivity contribution in [3.63, 3.8) is 0 Å². The molecule has 0 saturated carbocycles. The predicted octanol–water partition coefficient (Wildman–Crippen LogP) is 7.03. The van der Waals surface area contributed by atoms with E-state index in [9.17, 15) is 4.79 Å². The van der Waals surface area contributed by atoms with Crippen LogP contribution in [-0.4, -0.2) is 35.1 Å². The molecule has 0 aromatic heterocycles. The molecule has 2 aromatic rings. The Labute approximate surface area is 221 Å². The van der Waals surface area contributed by atoms with Gasteiger partial charge in [-0.15, -0.1) is 5.73 Å². The molecule has 0 amide bonds. The minimum Gasteiger partial charge on any atom is -0.455 e. The fourth-order valence-electron chi connectivity index (χ4n) is 4.82. The minimum absolute atomic E-state index is 0.0262. The molecule has 0 radical (unpaired) electrons. The van der Waals surface area contributed by atoms with Gasteiger partial charge in [-0.2, -0.15) is 0 Å². The third kappa shape index (κ3) is 6.57. The normalized spacial score (nSPS) is 13.5. The molecule has 0 heterocycles. The zero-order valence-corrected chi connectivity index (χ0v) is 26.3. The van der Waals surface area contributed by atoms with E-state index >= 15 is 0 Å². The largest absolute Gasteiger partial charge is 0.455 e. The first kappa shape index (κ1) is 30.1. The second-order valence-electron chi connectivity index (χ2n) is 12.3. The maximum atomic E-state index is 12.1. The van der Waals surface area contributed by atoms with Gasteiger partial charge in [-0.05, 0) is 52.6 Å². The second kappa shape index (κ2) is 11.5. The van der Waals surface area contributed by atoms with Crippen molar-refractivity contribution in [3.05, 3.63) is 77.2 Å². The van der Waals surface area contributed by atoms with Crippen LogP contribution in [0.3, 0.4) is 0 Å². The van der Waals surface area contributed by atoms with Gasteiger partial charge in [-0.25, -0.2) is 0 Å². The SMILES string of the molecule is CC(=O)O[C@H](CO[Si](C)(C)C(C)(C)C)C(C)=C=C(C)[Si](c1ccccc1)(c1ccccc1)C(C)(C)C. The number of rotatable bonds is 8. The molecule has 0 aliphatic rings. The van der Waals surface area contributed by atoms with Crippen molar-refractivity contribution in [1.82, 2.24) is 0 Å². The molecule has 196 valence electrons. The van der Waals surface area contributed by atoms with Crippen molar-refractivity contribution < 1.29 is 14.0 Å². The van der Waals surface area contributed by atoms with E-state index < -0.39 is 22.5 Å². The van der Waals surface area contributed by atoms with Crippen LogP contribution in [0.1, 0.15) is 62.3 Å². The van der Waals surface area contributed by atoms with Crippen molar-refractivity contribution in [2.45, 2.75) is 91.6 Å². The number of ether oxygens (including phenoxy) is 1. The van der Waals surface area contributed by atoms with Gasteiger partial charge < -0.3 is 9.16 Å². The molecule has 0 aliphatic carbocycles. The lowest BCUT2D eigenvalue weighted by Crippen LogP contribution is -2.65. The van der Waals surface area contributed by atoms with E-state index in [0.717, 1.165) is 5.57 Å². The molecule has 0 N–H and O–H groups in total. The number of carbonyl (C=O) groups excluding carboxylic acids is 1. The van der Waals surface area contributed by atoms with Gasteiger partial charge in [-0.1, -0.05) is 102 Å². The first-order chi connectivity index (χ1) is 16.5. The van der Waals surface area contributed by atoms with Gasteiger partial charge in [-0.3, -0.25) is 4.79 Å². The molecule has 36 heavy (non-hydrogen) atoms. The van der Waals surface area contributed by atoms with E-state index in [0.29, 0.717) is 6.61 Å². The van der Waals surface area contributed by atoms with Crippen LogP contribution in [0.25, 0.3) is 0 Å². The summed E-state index contributed by atoms with van der Waals surface area (Å²) < 4.78 is 12.3.